The Hall–Kier alpha value is -0.0800. The molecule has 1 N–H and O–H groups in total. The van der Waals surface area contributed by atoms with Crippen molar-refractivity contribution >= 4 is 0 Å². The highest BCUT2D eigenvalue weighted by Crippen LogP contribution is 2.58. The molecule has 3 fully saturated rings. The zero-order valence-corrected chi connectivity index (χ0v) is 10.6. The SMILES string of the molecule is CC(C)C1CCC2OC3(C)CCC2C3C1O. The molecule has 0 aromatic carbocycles. The molecular formula is C14H24O2. The number of aliphatic hydroxyl groups excluding tert-OH is 1. The van der Waals surface area contributed by atoms with E-state index in [0.29, 0.717) is 29.8 Å². The van der Waals surface area contributed by atoms with Gasteiger partial charge in [-0.1, -0.05) is 13.8 Å². The molecule has 0 spiro atoms. The summed E-state index contributed by atoms with van der Waals surface area (Å²) in [6.07, 6.45) is 5.05. The van der Waals surface area contributed by atoms with Gasteiger partial charge in [0.25, 0.3) is 0 Å². The van der Waals surface area contributed by atoms with E-state index in [9.17, 15) is 5.11 Å². The molecule has 0 radical (unpaired) electrons. The van der Waals surface area contributed by atoms with Gasteiger partial charge in [-0.05, 0) is 50.4 Å². The number of aliphatic hydroxyl groups is 1. The van der Waals surface area contributed by atoms with Gasteiger partial charge >= 0.3 is 0 Å². The lowest BCUT2D eigenvalue weighted by Gasteiger charge is -2.37. The molecule has 0 amide bonds. The van der Waals surface area contributed by atoms with Gasteiger partial charge in [0.1, 0.15) is 0 Å². The van der Waals surface area contributed by atoms with Crippen LogP contribution in [0, 0.1) is 23.7 Å². The molecular weight excluding hydrogens is 200 g/mol. The summed E-state index contributed by atoms with van der Waals surface area (Å²) in [5.41, 5.74) is -0.0116. The average molecular weight is 224 g/mol. The van der Waals surface area contributed by atoms with Gasteiger partial charge in [0, 0.05) is 5.92 Å². The van der Waals surface area contributed by atoms with Gasteiger partial charge in [-0.2, -0.15) is 0 Å². The molecule has 0 aromatic heterocycles. The maximum atomic E-state index is 10.7. The van der Waals surface area contributed by atoms with Gasteiger partial charge in [-0.3, -0.25) is 0 Å². The topological polar surface area (TPSA) is 29.5 Å². The second-order valence-electron chi connectivity index (χ2n) is 6.67. The number of rotatable bonds is 1. The van der Waals surface area contributed by atoms with Crippen LogP contribution in [-0.2, 0) is 4.74 Å². The minimum Gasteiger partial charge on any atom is -0.392 e. The molecule has 4 bridgehead atoms. The van der Waals surface area contributed by atoms with Crippen molar-refractivity contribution in [1.29, 1.82) is 0 Å². The summed E-state index contributed by atoms with van der Waals surface area (Å²) in [7, 11) is 0. The standard InChI is InChI=1S/C14H24O2/c1-8(2)9-4-5-11-10-6-7-14(3,16-11)12(10)13(9)15/h8-13,15H,4-7H2,1-3H3. The Bertz CT molecular complexity index is 288. The predicted molar refractivity (Wildman–Crippen MR) is 63.1 cm³/mol. The molecule has 2 nitrogen and oxygen atoms in total. The first-order valence-corrected chi connectivity index (χ1v) is 6.89. The van der Waals surface area contributed by atoms with E-state index >= 15 is 0 Å². The van der Waals surface area contributed by atoms with Crippen molar-refractivity contribution in [3.05, 3.63) is 0 Å². The smallest absolute Gasteiger partial charge is 0.0714 e. The van der Waals surface area contributed by atoms with E-state index in [1.807, 2.05) is 0 Å². The van der Waals surface area contributed by atoms with E-state index in [1.54, 1.807) is 0 Å². The van der Waals surface area contributed by atoms with Crippen molar-refractivity contribution in [2.75, 3.05) is 0 Å². The van der Waals surface area contributed by atoms with Crippen LogP contribution in [0.3, 0.4) is 0 Å². The van der Waals surface area contributed by atoms with E-state index < -0.39 is 0 Å². The summed E-state index contributed by atoms with van der Waals surface area (Å²) in [4.78, 5) is 0. The lowest BCUT2D eigenvalue weighted by atomic mass is 9.76. The summed E-state index contributed by atoms with van der Waals surface area (Å²) in [5, 5.41) is 10.7. The minimum atomic E-state index is -0.134. The van der Waals surface area contributed by atoms with Crippen molar-refractivity contribution in [2.24, 2.45) is 23.7 Å². The average Bonchev–Trinajstić information content (AvgIpc) is 2.60. The summed E-state index contributed by atoms with van der Waals surface area (Å²) in [6.45, 7) is 6.72. The van der Waals surface area contributed by atoms with E-state index in [4.69, 9.17) is 4.74 Å². The third-order valence-electron chi connectivity index (χ3n) is 5.49. The van der Waals surface area contributed by atoms with Gasteiger partial charge in [-0.25, -0.2) is 0 Å². The molecule has 3 aliphatic rings. The largest absolute Gasteiger partial charge is 0.392 e. The second-order valence-corrected chi connectivity index (χ2v) is 6.67. The van der Waals surface area contributed by atoms with Gasteiger partial charge in [0.05, 0.1) is 17.8 Å². The Labute approximate surface area is 98.4 Å². The summed E-state index contributed by atoms with van der Waals surface area (Å²) >= 11 is 0. The van der Waals surface area contributed by atoms with E-state index in [2.05, 4.69) is 20.8 Å². The Morgan fingerprint density at radius 2 is 2.00 bits per heavy atom. The molecule has 0 aromatic rings. The van der Waals surface area contributed by atoms with Crippen LogP contribution in [0.4, 0.5) is 0 Å². The lowest BCUT2D eigenvalue weighted by molar-refractivity contribution is -0.105. The van der Waals surface area contributed by atoms with Gasteiger partial charge < -0.3 is 9.84 Å². The van der Waals surface area contributed by atoms with Crippen LogP contribution in [0.2, 0.25) is 0 Å². The summed E-state index contributed by atoms with van der Waals surface area (Å²) < 4.78 is 6.19. The van der Waals surface area contributed by atoms with Crippen LogP contribution in [0.5, 0.6) is 0 Å². The first-order chi connectivity index (χ1) is 7.53. The first-order valence-electron chi connectivity index (χ1n) is 6.89. The second kappa shape index (κ2) is 3.46. The fourth-order valence-corrected chi connectivity index (χ4v) is 4.65. The molecule has 1 heterocycles. The van der Waals surface area contributed by atoms with Crippen molar-refractivity contribution in [2.45, 2.75) is 64.3 Å². The Kier molecular flexibility index (Phi) is 2.38. The van der Waals surface area contributed by atoms with E-state index in [1.165, 1.54) is 6.42 Å². The molecule has 92 valence electrons. The first kappa shape index (κ1) is 11.0. The Morgan fingerprint density at radius 3 is 2.69 bits per heavy atom. The fourth-order valence-electron chi connectivity index (χ4n) is 4.65. The van der Waals surface area contributed by atoms with Crippen LogP contribution in [-0.4, -0.2) is 22.9 Å². The van der Waals surface area contributed by atoms with E-state index in [-0.39, 0.29) is 11.7 Å². The minimum absolute atomic E-state index is 0.0116. The fraction of sp³-hybridized carbons (Fsp3) is 1.00. The molecule has 1 saturated heterocycles. The number of hydrogen-bond acceptors (Lipinski definition) is 2. The highest BCUT2D eigenvalue weighted by atomic mass is 16.5. The van der Waals surface area contributed by atoms with Crippen LogP contribution in [0.15, 0.2) is 0 Å². The highest BCUT2D eigenvalue weighted by Gasteiger charge is 2.61. The van der Waals surface area contributed by atoms with Crippen molar-refractivity contribution < 1.29 is 9.84 Å². The maximum absolute atomic E-state index is 10.7. The quantitative estimate of drug-likeness (QED) is 0.742. The lowest BCUT2D eigenvalue weighted by Crippen LogP contribution is -2.42. The zero-order valence-electron chi connectivity index (χ0n) is 10.6. The summed E-state index contributed by atoms with van der Waals surface area (Å²) in [6, 6.07) is 0. The predicted octanol–water partition coefficient (Wildman–Crippen LogP) is 2.60. The van der Waals surface area contributed by atoms with Crippen LogP contribution in [0.25, 0.3) is 0 Å². The molecule has 6 atom stereocenters. The number of hydrogen-bond donors (Lipinski definition) is 1. The highest BCUT2D eigenvalue weighted by molar-refractivity contribution is 5.10. The molecule has 16 heavy (non-hydrogen) atoms. The van der Waals surface area contributed by atoms with E-state index in [0.717, 1.165) is 19.3 Å². The molecule has 6 unspecified atom stereocenters. The third kappa shape index (κ3) is 1.32. The van der Waals surface area contributed by atoms with Crippen molar-refractivity contribution in [1.82, 2.24) is 0 Å². The van der Waals surface area contributed by atoms with Crippen molar-refractivity contribution in [3.63, 3.8) is 0 Å². The van der Waals surface area contributed by atoms with Gasteiger partial charge in [0.2, 0.25) is 0 Å². The third-order valence-corrected chi connectivity index (χ3v) is 5.49. The van der Waals surface area contributed by atoms with Crippen LogP contribution >= 0.6 is 0 Å². The number of ether oxygens (including phenoxy) is 1. The zero-order chi connectivity index (χ0) is 11.5. The van der Waals surface area contributed by atoms with Crippen LogP contribution in [0.1, 0.15) is 46.5 Å². The maximum Gasteiger partial charge on any atom is 0.0714 e. The monoisotopic (exact) mass is 224 g/mol. The van der Waals surface area contributed by atoms with Crippen LogP contribution < -0.4 is 0 Å². The van der Waals surface area contributed by atoms with Crippen molar-refractivity contribution in [3.8, 4) is 0 Å². The molecule has 2 saturated carbocycles. The molecule has 2 aliphatic carbocycles. The van der Waals surface area contributed by atoms with Gasteiger partial charge in [0.15, 0.2) is 0 Å². The summed E-state index contributed by atoms with van der Waals surface area (Å²) in [5.74, 6) is 2.13. The molecule has 1 aliphatic heterocycles. The van der Waals surface area contributed by atoms with Gasteiger partial charge in [-0.15, -0.1) is 0 Å². The molecule has 3 rings (SSSR count). The normalized spacial score (nSPS) is 55.7. The Morgan fingerprint density at radius 1 is 1.25 bits per heavy atom. The molecule has 2 heteroatoms. The Balaban J connectivity index is 1.92.